The van der Waals surface area contributed by atoms with Crippen LogP contribution in [0.25, 0.3) is 16.6 Å². The van der Waals surface area contributed by atoms with Gasteiger partial charge in [0.05, 0.1) is 28.3 Å². The van der Waals surface area contributed by atoms with Crippen LogP contribution in [0.2, 0.25) is 5.02 Å². The number of benzene rings is 1. The highest BCUT2D eigenvalue weighted by Gasteiger charge is 2.23. The Morgan fingerprint density at radius 3 is 2.75 bits per heavy atom. The summed E-state index contributed by atoms with van der Waals surface area (Å²) in [6.45, 7) is 3.32. The summed E-state index contributed by atoms with van der Waals surface area (Å²) in [5, 5.41) is 12.5. The molecule has 3 aromatic heterocycles. The number of aromatic nitrogens is 5. The topological polar surface area (TPSA) is 135 Å². The van der Waals surface area contributed by atoms with Gasteiger partial charge in [-0.15, -0.1) is 0 Å². The minimum Gasteiger partial charge on any atom is -0.382 e. The van der Waals surface area contributed by atoms with Gasteiger partial charge < -0.3 is 11.1 Å². The third-order valence-corrected chi connectivity index (χ3v) is 5.07. The lowest BCUT2D eigenvalue weighted by Crippen LogP contribution is -2.28. The molecule has 11 heteroatoms. The number of rotatable bonds is 4. The van der Waals surface area contributed by atoms with Crippen LogP contribution in [0.4, 0.5) is 16.0 Å². The van der Waals surface area contributed by atoms with E-state index in [-0.39, 0.29) is 38.9 Å². The largest absolute Gasteiger partial charge is 0.382 e. The van der Waals surface area contributed by atoms with Crippen molar-refractivity contribution in [1.29, 1.82) is 5.26 Å². The van der Waals surface area contributed by atoms with Crippen molar-refractivity contribution < 1.29 is 4.39 Å². The second-order valence-electron chi connectivity index (χ2n) is 6.93. The van der Waals surface area contributed by atoms with Crippen LogP contribution >= 0.6 is 11.6 Å². The summed E-state index contributed by atoms with van der Waals surface area (Å²) in [6, 6.07) is 7.04. The zero-order valence-electron chi connectivity index (χ0n) is 17.0. The van der Waals surface area contributed by atoms with E-state index in [1.165, 1.54) is 16.8 Å². The summed E-state index contributed by atoms with van der Waals surface area (Å²) < 4.78 is 15.9. The number of fused-ring (bicyclic) bond motifs is 1. The monoisotopic (exact) mass is 450 g/mol. The molecule has 1 atom stereocenters. The van der Waals surface area contributed by atoms with Crippen molar-refractivity contribution in [2.45, 2.75) is 19.9 Å². The Labute approximate surface area is 186 Å². The van der Waals surface area contributed by atoms with E-state index in [4.69, 9.17) is 17.3 Å². The fourth-order valence-corrected chi connectivity index (χ4v) is 3.57. The fourth-order valence-electron chi connectivity index (χ4n) is 3.34. The second kappa shape index (κ2) is 8.20. The number of nitriles is 1. The van der Waals surface area contributed by atoms with Gasteiger partial charge >= 0.3 is 0 Å². The number of halogens is 2. The Morgan fingerprint density at radius 2 is 2.06 bits per heavy atom. The van der Waals surface area contributed by atoms with Crippen LogP contribution < -0.4 is 16.6 Å². The Hall–Kier alpha value is -4.10. The highest BCUT2D eigenvalue weighted by Crippen LogP contribution is 2.27. The molecule has 0 amide bonds. The highest BCUT2D eigenvalue weighted by atomic mass is 35.5. The van der Waals surface area contributed by atoms with Crippen LogP contribution in [0.15, 0.2) is 41.5 Å². The molecule has 0 bridgehead atoms. The predicted molar refractivity (Wildman–Crippen MR) is 118 cm³/mol. The Bertz CT molecular complexity index is 1450. The van der Waals surface area contributed by atoms with E-state index in [1.54, 1.807) is 32.2 Å². The van der Waals surface area contributed by atoms with Gasteiger partial charge in [0.15, 0.2) is 5.82 Å². The third-order valence-electron chi connectivity index (χ3n) is 4.76. The van der Waals surface area contributed by atoms with Gasteiger partial charge in [-0.3, -0.25) is 14.3 Å². The molecule has 0 fully saturated rings. The zero-order chi connectivity index (χ0) is 23.0. The van der Waals surface area contributed by atoms with Gasteiger partial charge in [-0.25, -0.2) is 19.3 Å². The highest BCUT2D eigenvalue weighted by molar-refractivity contribution is 6.35. The summed E-state index contributed by atoms with van der Waals surface area (Å²) >= 11 is 6.21. The van der Waals surface area contributed by atoms with E-state index in [1.807, 2.05) is 6.07 Å². The van der Waals surface area contributed by atoms with Crippen LogP contribution in [-0.4, -0.2) is 24.5 Å². The Kier molecular flexibility index (Phi) is 5.42. The van der Waals surface area contributed by atoms with Gasteiger partial charge in [0.25, 0.3) is 5.56 Å². The average Bonchev–Trinajstić information content (AvgIpc) is 2.76. The Morgan fingerprint density at radius 1 is 1.28 bits per heavy atom. The SMILES string of the molecule is Cc1nc(N)c(C#N)c(N[C@H](C)c2nc3c(F)ccc(Cl)c3c(=O)n2-c2cccnc2)n1. The molecule has 32 heavy (non-hydrogen) atoms. The molecule has 0 aliphatic carbocycles. The number of nitrogens with zero attached hydrogens (tertiary/aromatic N) is 6. The molecule has 0 aliphatic rings. The molecular weight excluding hydrogens is 435 g/mol. The van der Waals surface area contributed by atoms with Gasteiger partial charge in [0.2, 0.25) is 0 Å². The molecule has 0 radical (unpaired) electrons. The normalized spacial score (nSPS) is 11.8. The molecule has 0 saturated heterocycles. The minimum atomic E-state index is -0.702. The van der Waals surface area contributed by atoms with E-state index < -0.39 is 17.4 Å². The van der Waals surface area contributed by atoms with E-state index in [2.05, 4.69) is 25.3 Å². The lowest BCUT2D eigenvalue weighted by atomic mass is 10.2. The number of nitrogen functional groups attached to an aromatic ring is 1. The van der Waals surface area contributed by atoms with E-state index in [0.29, 0.717) is 11.5 Å². The lowest BCUT2D eigenvalue weighted by molar-refractivity contribution is 0.632. The molecule has 0 saturated carbocycles. The average molecular weight is 451 g/mol. The molecule has 0 unspecified atom stereocenters. The second-order valence-corrected chi connectivity index (χ2v) is 7.34. The van der Waals surface area contributed by atoms with Gasteiger partial charge in [-0.1, -0.05) is 11.6 Å². The molecule has 4 aromatic rings. The van der Waals surface area contributed by atoms with Gasteiger partial charge in [0, 0.05) is 6.20 Å². The molecule has 3 heterocycles. The molecule has 1 aromatic carbocycles. The van der Waals surface area contributed by atoms with Crippen molar-refractivity contribution in [1.82, 2.24) is 24.5 Å². The summed E-state index contributed by atoms with van der Waals surface area (Å²) in [5.41, 5.74) is 5.58. The first kappa shape index (κ1) is 21.1. The number of hydrogen-bond acceptors (Lipinski definition) is 8. The molecule has 3 N–H and O–H groups in total. The first-order chi connectivity index (χ1) is 15.3. The molecule has 9 nitrogen and oxygen atoms in total. The molecule has 4 rings (SSSR count). The van der Waals surface area contributed by atoms with Crippen molar-refractivity contribution in [3.05, 3.63) is 75.1 Å². The first-order valence-corrected chi connectivity index (χ1v) is 9.81. The zero-order valence-corrected chi connectivity index (χ0v) is 17.7. The summed E-state index contributed by atoms with van der Waals surface area (Å²) in [5.74, 6) is 0.0148. The van der Waals surface area contributed by atoms with Crippen LogP contribution in [0.1, 0.15) is 30.2 Å². The maximum Gasteiger partial charge on any atom is 0.267 e. The van der Waals surface area contributed by atoms with Crippen molar-refractivity contribution in [2.24, 2.45) is 0 Å². The smallest absolute Gasteiger partial charge is 0.267 e. The quantitative estimate of drug-likeness (QED) is 0.483. The Balaban J connectivity index is 1.97. The summed E-state index contributed by atoms with van der Waals surface area (Å²) in [4.78, 5) is 30.1. The van der Waals surface area contributed by atoms with E-state index in [0.717, 1.165) is 6.07 Å². The van der Waals surface area contributed by atoms with Crippen molar-refractivity contribution in [3.8, 4) is 11.8 Å². The summed E-state index contributed by atoms with van der Waals surface area (Å²) in [6.07, 6.45) is 3.04. The van der Waals surface area contributed by atoms with Crippen molar-refractivity contribution >= 4 is 34.1 Å². The van der Waals surface area contributed by atoms with Gasteiger partial charge in [-0.2, -0.15) is 5.26 Å². The van der Waals surface area contributed by atoms with Crippen LogP contribution in [-0.2, 0) is 0 Å². The predicted octanol–water partition coefficient (Wildman–Crippen LogP) is 3.30. The number of pyridine rings is 1. The molecule has 0 spiro atoms. The third kappa shape index (κ3) is 3.59. The number of aryl methyl sites for hydroxylation is 1. The standard InChI is InChI=1S/C21H16ClFN8O/c1-10(27-19-13(8-24)18(25)28-11(2)29-19)20-30-17-15(23)6-5-14(22)16(17)21(32)31(20)12-4-3-7-26-9-12/h3-7,9-10H,1-2H3,(H3,25,27,28,29)/t10-/m1/s1. The number of hydrogen-bond donors (Lipinski definition) is 2. The van der Waals surface area contributed by atoms with Gasteiger partial charge in [-0.05, 0) is 38.1 Å². The van der Waals surface area contributed by atoms with Crippen LogP contribution in [0.5, 0.6) is 0 Å². The van der Waals surface area contributed by atoms with Crippen molar-refractivity contribution in [2.75, 3.05) is 11.1 Å². The van der Waals surface area contributed by atoms with Crippen molar-refractivity contribution in [3.63, 3.8) is 0 Å². The number of nitrogens with one attached hydrogen (secondary N) is 1. The summed E-state index contributed by atoms with van der Waals surface area (Å²) in [7, 11) is 0. The first-order valence-electron chi connectivity index (χ1n) is 9.43. The van der Waals surface area contributed by atoms with Gasteiger partial charge in [0.1, 0.15) is 40.4 Å². The maximum absolute atomic E-state index is 14.6. The molecule has 0 aliphatic heterocycles. The van der Waals surface area contributed by atoms with Crippen LogP contribution in [0.3, 0.4) is 0 Å². The number of anilines is 2. The maximum atomic E-state index is 14.6. The molecule has 160 valence electrons. The van der Waals surface area contributed by atoms with Crippen LogP contribution in [0, 0.1) is 24.1 Å². The minimum absolute atomic E-state index is 0.0173. The van der Waals surface area contributed by atoms with E-state index >= 15 is 0 Å². The fraction of sp³-hybridized carbons (Fsp3) is 0.143. The number of nitrogens with two attached hydrogens (primary N) is 1. The molecular formula is C21H16ClFN8O. The lowest BCUT2D eigenvalue weighted by Gasteiger charge is -2.21. The van der Waals surface area contributed by atoms with E-state index in [9.17, 15) is 14.4 Å².